The molecule has 0 rings (SSSR count). The smallest absolute Gasteiger partial charge is 0.320 e. The van der Waals surface area contributed by atoms with E-state index in [-0.39, 0.29) is 5.76 Å². The Balaban J connectivity index is 4.02. The Hall–Kier alpha value is -1.62. The molecular weight excluding hydrogens is 210 g/mol. The third kappa shape index (κ3) is 5.31. The lowest BCUT2D eigenvalue weighted by molar-refractivity contribution is -0.139. The van der Waals surface area contributed by atoms with E-state index >= 15 is 0 Å². The monoisotopic (exact) mass is 227 g/mol. The Morgan fingerprint density at radius 1 is 1.38 bits per heavy atom. The highest BCUT2D eigenvalue weighted by Gasteiger charge is 2.12. The minimum atomic E-state index is -0.918. The summed E-state index contributed by atoms with van der Waals surface area (Å²) in [6.07, 6.45) is 4.95. The van der Waals surface area contributed by atoms with Gasteiger partial charge in [-0.25, -0.2) is 0 Å². The van der Waals surface area contributed by atoms with Crippen LogP contribution in [0, 0.1) is 0 Å². The van der Waals surface area contributed by atoms with Gasteiger partial charge in [-0.3, -0.25) is 9.59 Å². The second-order valence-corrected chi connectivity index (χ2v) is 3.20. The molecule has 1 atom stereocenters. The van der Waals surface area contributed by atoms with Gasteiger partial charge in [0, 0.05) is 0 Å². The van der Waals surface area contributed by atoms with Gasteiger partial charge in [-0.1, -0.05) is 6.08 Å². The number of carbonyl (C=O) groups is 2. The lowest BCUT2D eigenvalue weighted by Gasteiger charge is -2.08. The van der Waals surface area contributed by atoms with Crippen LogP contribution >= 0.6 is 0 Å². The fourth-order valence-electron chi connectivity index (χ4n) is 1.07. The molecule has 0 bridgehead atoms. The number of ketones is 1. The second kappa shape index (κ2) is 7.64. The molecule has 0 aromatic carbocycles. The quantitative estimate of drug-likeness (QED) is 0.446. The van der Waals surface area contributed by atoms with E-state index < -0.39 is 17.8 Å². The van der Waals surface area contributed by atoms with E-state index in [1.165, 1.54) is 12.2 Å². The van der Waals surface area contributed by atoms with Crippen LogP contribution in [-0.4, -0.2) is 35.1 Å². The van der Waals surface area contributed by atoms with Gasteiger partial charge in [-0.05, 0) is 39.0 Å². The van der Waals surface area contributed by atoms with Gasteiger partial charge in [0.15, 0.2) is 5.76 Å². The number of likely N-dealkylation sites (N-methyl/N-ethyl adjacent to an activating group) is 1. The molecule has 0 saturated heterocycles. The molecule has 0 aliphatic heterocycles. The molecule has 0 heterocycles. The van der Waals surface area contributed by atoms with Gasteiger partial charge < -0.3 is 15.5 Å². The lowest BCUT2D eigenvalue weighted by Crippen LogP contribution is -2.33. The van der Waals surface area contributed by atoms with E-state index in [1.807, 2.05) is 0 Å². The summed E-state index contributed by atoms with van der Waals surface area (Å²) in [7, 11) is 1.57. The molecule has 90 valence electrons. The highest BCUT2D eigenvalue weighted by molar-refractivity contribution is 6.01. The number of rotatable bonds is 7. The summed E-state index contributed by atoms with van der Waals surface area (Å²) >= 11 is 0. The van der Waals surface area contributed by atoms with Crippen molar-refractivity contribution in [3.8, 4) is 0 Å². The predicted octanol–water partition coefficient (Wildman–Crippen LogP) is 1.03. The average Bonchev–Trinajstić information content (AvgIpc) is 2.27. The fourth-order valence-corrected chi connectivity index (χ4v) is 1.07. The van der Waals surface area contributed by atoms with Crippen molar-refractivity contribution in [3.63, 3.8) is 0 Å². The average molecular weight is 227 g/mol. The van der Waals surface area contributed by atoms with Crippen LogP contribution in [0.15, 0.2) is 24.0 Å². The van der Waals surface area contributed by atoms with Crippen molar-refractivity contribution < 1.29 is 19.8 Å². The fraction of sp³-hybridized carbons (Fsp3) is 0.455. The molecule has 0 amide bonds. The summed E-state index contributed by atoms with van der Waals surface area (Å²) in [6.45, 7) is 1.56. The minimum absolute atomic E-state index is 0.306. The lowest BCUT2D eigenvalue weighted by atomic mass is 10.1. The standard InChI is InChI=1S/C11H17NO4/c1-3-9(13)10(14)7-5-4-6-8(12-2)11(15)16/h3,5,7-8,12-13H,4,6H2,1-2H3,(H,15,16)/b7-5-,9-3+. The number of carbonyl (C=O) groups excluding carboxylic acids is 1. The van der Waals surface area contributed by atoms with Crippen LogP contribution in [0.2, 0.25) is 0 Å². The first-order valence-electron chi connectivity index (χ1n) is 4.99. The Kier molecular flexibility index (Phi) is 6.87. The summed E-state index contributed by atoms with van der Waals surface area (Å²) in [4.78, 5) is 21.7. The van der Waals surface area contributed by atoms with Gasteiger partial charge in [0.1, 0.15) is 6.04 Å². The predicted molar refractivity (Wildman–Crippen MR) is 60.3 cm³/mol. The third-order valence-electron chi connectivity index (χ3n) is 2.06. The van der Waals surface area contributed by atoms with Crippen LogP contribution in [0.3, 0.4) is 0 Å². The first-order chi connectivity index (χ1) is 7.52. The number of hydrogen-bond acceptors (Lipinski definition) is 4. The van der Waals surface area contributed by atoms with E-state index in [4.69, 9.17) is 10.2 Å². The Bertz CT molecular complexity index is 307. The molecule has 0 saturated carbocycles. The number of nitrogens with one attached hydrogen (secondary N) is 1. The summed E-state index contributed by atoms with van der Waals surface area (Å²) in [5.74, 6) is -1.70. The van der Waals surface area contributed by atoms with E-state index in [0.717, 1.165) is 0 Å². The maximum atomic E-state index is 11.1. The molecule has 5 heteroatoms. The summed E-state index contributed by atoms with van der Waals surface area (Å²) in [5, 5.41) is 20.4. The number of aliphatic hydroxyl groups is 1. The Morgan fingerprint density at radius 2 is 2.00 bits per heavy atom. The largest absolute Gasteiger partial charge is 0.504 e. The third-order valence-corrected chi connectivity index (χ3v) is 2.06. The van der Waals surface area contributed by atoms with Gasteiger partial charge in [0.25, 0.3) is 0 Å². The Labute approximate surface area is 94.5 Å². The highest BCUT2D eigenvalue weighted by Crippen LogP contribution is 2.00. The molecule has 1 unspecified atom stereocenters. The van der Waals surface area contributed by atoms with Crippen molar-refractivity contribution in [3.05, 3.63) is 24.0 Å². The molecule has 16 heavy (non-hydrogen) atoms. The van der Waals surface area contributed by atoms with E-state index in [0.29, 0.717) is 12.8 Å². The van der Waals surface area contributed by atoms with Crippen LogP contribution in [0.1, 0.15) is 19.8 Å². The van der Waals surface area contributed by atoms with E-state index in [9.17, 15) is 9.59 Å². The van der Waals surface area contributed by atoms with Crippen molar-refractivity contribution >= 4 is 11.8 Å². The van der Waals surface area contributed by atoms with Gasteiger partial charge in [-0.2, -0.15) is 0 Å². The second-order valence-electron chi connectivity index (χ2n) is 3.20. The van der Waals surface area contributed by atoms with Crippen molar-refractivity contribution in [2.45, 2.75) is 25.8 Å². The zero-order valence-corrected chi connectivity index (χ0v) is 9.43. The maximum Gasteiger partial charge on any atom is 0.320 e. The van der Waals surface area contributed by atoms with Crippen molar-refractivity contribution in [1.29, 1.82) is 0 Å². The van der Waals surface area contributed by atoms with Crippen LogP contribution in [0.5, 0.6) is 0 Å². The number of aliphatic hydroxyl groups excluding tert-OH is 1. The normalized spacial score (nSPS) is 14.0. The number of hydrogen-bond donors (Lipinski definition) is 3. The zero-order valence-electron chi connectivity index (χ0n) is 9.43. The topological polar surface area (TPSA) is 86.6 Å². The van der Waals surface area contributed by atoms with Crippen molar-refractivity contribution in [1.82, 2.24) is 5.32 Å². The summed E-state index contributed by atoms with van der Waals surface area (Å²) < 4.78 is 0. The van der Waals surface area contributed by atoms with Gasteiger partial charge >= 0.3 is 5.97 Å². The minimum Gasteiger partial charge on any atom is -0.504 e. The molecule has 0 aromatic heterocycles. The summed E-state index contributed by atoms with van der Waals surface area (Å²) in [6, 6.07) is -0.616. The molecule has 0 aliphatic carbocycles. The molecular formula is C11H17NO4. The highest BCUT2D eigenvalue weighted by atomic mass is 16.4. The van der Waals surface area contributed by atoms with E-state index in [1.54, 1.807) is 20.0 Å². The summed E-state index contributed by atoms with van der Waals surface area (Å²) in [5.41, 5.74) is 0. The number of aliphatic carboxylic acids is 1. The first kappa shape index (κ1) is 14.4. The molecule has 0 spiro atoms. The van der Waals surface area contributed by atoms with Crippen molar-refractivity contribution in [2.75, 3.05) is 7.05 Å². The van der Waals surface area contributed by atoms with E-state index in [2.05, 4.69) is 5.32 Å². The molecule has 0 fully saturated rings. The van der Waals surface area contributed by atoms with Crippen LogP contribution in [0.4, 0.5) is 0 Å². The molecule has 0 radical (unpaired) electrons. The van der Waals surface area contributed by atoms with Crippen molar-refractivity contribution in [2.24, 2.45) is 0 Å². The zero-order chi connectivity index (χ0) is 12.6. The molecule has 0 aromatic rings. The van der Waals surface area contributed by atoms with Gasteiger partial charge in [0.2, 0.25) is 5.78 Å². The van der Waals surface area contributed by atoms with Gasteiger partial charge in [-0.15, -0.1) is 0 Å². The van der Waals surface area contributed by atoms with Crippen LogP contribution in [-0.2, 0) is 9.59 Å². The molecule has 3 N–H and O–H groups in total. The first-order valence-corrected chi connectivity index (χ1v) is 4.99. The number of carboxylic acids is 1. The Morgan fingerprint density at radius 3 is 2.44 bits per heavy atom. The molecule has 0 aliphatic rings. The SMILES string of the molecule is C/C=C(/O)C(=O)/C=C\CCC(NC)C(=O)O. The molecule has 5 nitrogen and oxygen atoms in total. The number of carboxylic acid groups (broad SMARTS) is 1. The maximum absolute atomic E-state index is 11.1. The van der Waals surface area contributed by atoms with Crippen LogP contribution in [0.25, 0.3) is 0 Å². The number of allylic oxidation sites excluding steroid dienone is 3. The van der Waals surface area contributed by atoms with Gasteiger partial charge in [0.05, 0.1) is 0 Å². The van der Waals surface area contributed by atoms with Crippen LogP contribution < -0.4 is 5.32 Å².